The highest BCUT2D eigenvalue weighted by molar-refractivity contribution is 5.97. The monoisotopic (exact) mass is 360 g/mol. The predicted molar refractivity (Wildman–Crippen MR) is 92.8 cm³/mol. The molecule has 0 bridgehead atoms. The molecule has 138 valence electrons. The number of methoxy groups -OCH3 is 1. The predicted octanol–water partition coefficient (Wildman–Crippen LogP) is 2.67. The summed E-state index contributed by atoms with van der Waals surface area (Å²) in [4.78, 5) is 19.2. The lowest BCUT2D eigenvalue weighted by molar-refractivity contribution is -0.181. The average Bonchev–Trinajstić information content (AvgIpc) is 3.09. The third-order valence-electron chi connectivity index (χ3n) is 5.10. The number of rotatable bonds is 2. The Morgan fingerprint density at radius 1 is 1.23 bits per heavy atom. The first-order valence-electron chi connectivity index (χ1n) is 8.73. The van der Waals surface area contributed by atoms with Crippen LogP contribution >= 0.6 is 0 Å². The van der Waals surface area contributed by atoms with Crippen molar-refractivity contribution >= 4 is 16.8 Å². The molecule has 2 aliphatic heterocycles. The van der Waals surface area contributed by atoms with Crippen molar-refractivity contribution in [1.29, 1.82) is 0 Å². The van der Waals surface area contributed by atoms with E-state index in [4.69, 9.17) is 14.2 Å². The molecule has 1 spiro atoms. The van der Waals surface area contributed by atoms with Gasteiger partial charge in [-0.25, -0.2) is 9.37 Å². The fourth-order valence-electron chi connectivity index (χ4n) is 3.70. The number of fused-ring (bicyclic) bond motifs is 1. The molecule has 3 heterocycles. The SMILES string of the molecule is COc1cc(C(=O)N2CCC3(CC2)OCCO3)nc2c(C)cc(F)cc12. The molecule has 1 amide bonds. The molecular formula is C19H21FN2O4. The molecule has 2 saturated heterocycles. The van der Waals surface area contributed by atoms with E-state index in [-0.39, 0.29) is 11.7 Å². The number of aromatic nitrogens is 1. The largest absolute Gasteiger partial charge is 0.496 e. The molecule has 2 aliphatic rings. The number of nitrogens with zero attached hydrogens (tertiary/aromatic N) is 2. The normalized spacial score (nSPS) is 19.3. The van der Waals surface area contributed by atoms with E-state index >= 15 is 0 Å². The first-order valence-corrected chi connectivity index (χ1v) is 8.73. The fraction of sp³-hybridized carbons (Fsp3) is 0.474. The quantitative estimate of drug-likeness (QED) is 0.824. The van der Waals surface area contributed by atoms with Gasteiger partial charge < -0.3 is 19.1 Å². The van der Waals surface area contributed by atoms with Crippen molar-refractivity contribution in [2.75, 3.05) is 33.4 Å². The minimum atomic E-state index is -0.528. The number of aryl methyl sites for hydroxylation is 1. The number of hydrogen-bond acceptors (Lipinski definition) is 5. The Bertz CT molecular complexity index is 854. The summed E-state index contributed by atoms with van der Waals surface area (Å²) in [6.45, 7) is 4.07. The van der Waals surface area contributed by atoms with Gasteiger partial charge in [0.15, 0.2) is 5.79 Å². The molecule has 7 heteroatoms. The lowest BCUT2D eigenvalue weighted by Gasteiger charge is -2.37. The third-order valence-corrected chi connectivity index (χ3v) is 5.10. The van der Waals surface area contributed by atoms with Crippen molar-refractivity contribution < 1.29 is 23.4 Å². The van der Waals surface area contributed by atoms with Gasteiger partial charge in [-0.3, -0.25) is 4.79 Å². The number of piperidine rings is 1. The second kappa shape index (κ2) is 6.48. The molecule has 0 atom stereocenters. The van der Waals surface area contributed by atoms with Gasteiger partial charge in [0.05, 0.1) is 25.8 Å². The van der Waals surface area contributed by atoms with Gasteiger partial charge in [0.1, 0.15) is 17.3 Å². The summed E-state index contributed by atoms with van der Waals surface area (Å²) >= 11 is 0. The molecule has 0 saturated carbocycles. The summed E-state index contributed by atoms with van der Waals surface area (Å²) in [5, 5.41) is 0.562. The smallest absolute Gasteiger partial charge is 0.272 e. The number of carbonyl (C=O) groups is 1. The Hall–Kier alpha value is -2.25. The van der Waals surface area contributed by atoms with E-state index < -0.39 is 5.79 Å². The lowest BCUT2D eigenvalue weighted by atomic mass is 10.0. The number of benzene rings is 1. The minimum absolute atomic E-state index is 0.165. The van der Waals surface area contributed by atoms with Crippen molar-refractivity contribution in [2.24, 2.45) is 0 Å². The number of likely N-dealkylation sites (tertiary alicyclic amines) is 1. The van der Waals surface area contributed by atoms with Crippen molar-refractivity contribution in [2.45, 2.75) is 25.6 Å². The van der Waals surface area contributed by atoms with Gasteiger partial charge in [-0.2, -0.15) is 0 Å². The summed E-state index contributed by atoms with van der Waals surface area (Å²) in [6.07, 6.45) is 1.29. The van der Waals surface area contributed by atoms with Crippen LogP contribution in [0.5, 0.6) is 5.75 Å². The van der Waals surface area contributed by atoms with E-state index in [9.17, 15) is 9.18 Å². The van der Waals surface area contributed by atoms with Crippen molar-refractivity contribution in [3.05, 3.63) is 35.3 Å². The van der Waals surface area contributed by atoms with Gasteiger partial charge in [-0.1, -0.05) is 0 Å². The molecule has 1 aromatic heterocycles. The van der Waals surface area contributed by atoms with Crippen LogP contribution < -0.4 is 4.74 Å². The maximum Gasteiger partial charge on any atom is 0.272 e. The van der Waals surface area contributed by atoms with Gasteiger partial charge in [0, 0.05) is 37.4 Å². The van der Waals surface area contributed by atoms with Crippen molar-refractivity contribution in [3.8, 4) is 5.75 Å². The first kappa shape index (κ1) is 17.2. The van der Waals surface area contributed by atoms with Crippen LogP contribution in [0.25, 0.3) is 10.9 Å². The molecule has 26 heavy (non-hydrogen) atoms. The van der Waals surface area contributed by atoms with Gasteiger partial charge in [-0.05, 0) is 24.6 Å². The maximum absolute atomic E-state index is 13.7. The topological polar surface area (TPSA) is 60.9 Å². The van der Waals surface area contributed by atoms with Gasteiger partial charge in [0.25, 0.3) is 5.91 Å². The average molecular weight is 360 g/mol. The lowest BCUT2D eigenvalue weighted by Crippen LogP contribution is -2.47. The highest BCUT2D eigenvalue weighted by atomic mass is 19.1. The van der Waals surface area contributed by atoms with E-state index in [1.165, 1.54) is 19.2 Å². The Balaban J connectivity index is 1.63. The van der Waals surface area contributed by atoms with Crippen LogP contribution in [0.1, 0.15) is 28.9 Å². The standard InChI is InChI=1S/C19H21FN2O4/c1-12-9-13(20)10-14-16(24-2)11-15(21-17(12)14)18(23)22-5-3-19(4-6-22)25-7-8-26-19/h9-11H,3-8H2,1-2H3. The van der Waals surface area contributed by atoms with Crippen molar-refractivity contribution in [3.63, 3.8) is 0 Å². The molecule has 1 aromatic carbocycles. The number of pyridine rings is 1. The zero-order valence-electron chi connectivity index (χ0n) is 14.9. The Labute approximate surface area is 150 Å². The summed E-state index contributed by atoms with van der Waals surface area (Å²) < 4.78 is 30.5. The van der Waals surface area contributed by atoms with Crippen LogP contribution in [0.15, 0.2) is 18.2 Å². The van der Waals surface area contributed by atoms with Crippen LogP contribution in [0, 0.1) is 12.7 Å². The van der Waals surface area contributed by atoms with Crippen LogP contribution in [0.2, 0.25) is 0 Å². The maximum atomic E-state index is 13.7. The van der Waals surface area contributed by atoms with E-state index in [0.29, 0.717) is 67.1 Å². The molecule has 0 radical (unpaired) electrons. The van der Waals surface area contributed by atoms with Crippen molar-refractivity contribution in [1.82, 2.24) is 9.88 Å². The Morgan fingerprint density at radius 3 is 2.58 bits per heavy atom. The first-order chi connectivity index (χ1) is 12.5. The summed E-state index contributed by atoms with van der Waals surface area (Å²) in [5.74, 6) is -0.606. The van der Waals surface area contributed by atoms with Crippen LogP contribution in [0.3, 0.4) is 0 Å². The number of ether oxygens (including phenoxy) is 3. The van der Waals surface area contributed by atoms with Crippen LogP contribution in [-0.4, -0.2) is 55.0 Å². The van der Waals surface area contributed by atoms with Gasteiger partial charge >= 0.3 is 0 Å². The second-order valence-corrected chi connectivity index (χ2v) is 6.73. The fourth-order valence-corrected chi connectivity index (χ4v) is 3.70. The molecule has 0 aliphatic carbocycles. The zero-order chi connectivity index (χ0) is 18.3. The van der Waals surface area contributed by atoms with E-state index in [0.717, 1.165) is 0 Å². The number of carbonyl (C=O) groups excluding carboxylic acids is 1. The Kier molecular flexibility index (Phi) is 4.28. The highest BCUT2D eigenvalue weighted by Crippen LogP contribution is 2.33. The highest BCUT2D eigenvalue weighted by Gasteiger charge is 2.41. The zero-order valence-corrected chi connectivity index (χ0v) is 14.9. The number of halogens is 1. The van der Waals surface area contributed by atoms with Crippen LogP contribution in [-0.2, 0) is 9.47 Å². The molecule has 2 aromatic rings. The summed E-state index contributed by atoms with van der Waals surface area (Å²) in [7, 11) is 1.50. The number of amides is 1. The van der Waals surface area contributed by atoms with Crippen LogP contribution in [0.4, 0.5) is 4.39 Å². The molecule has 0 unspecified atom stereocenters. The Morgan fingerprint density at radius 2 is 1.92 bits per heavy atom. The summed E-state index contributed by atoms with van der Waals surface area (Å²) in [6, 6.07) is 4.36. The molecule has 0 N–H and O–H groups in total. The number of hydrogen-bond donors (Lipinski definition) is 0. The van der Waals surface area contributed by atoms with E-state index in [1.54, 1.807) is 17.9 Å². The molecule has 2 fully saturated rings. The summed E-state index contributed by atoms with van der Waals surface area (Å²) in [5.41, 5.74) is 1.54. The molecule has 4 rings (SSSR count). The molecular weight excluding hydrogens is 339 g/mol. The van der Waals surface area contributed by atoms with E-state index in [1.807, 2.05) is 0 Å². The van der Waals surface area contributed by atoms with Gasteiger partial charge in [0.2, 0.25) is 0 Å². The minimum Gasteiger partial charge on any atom is -0.496 e. The van der Waals surface area contributed by atoms with Gasteiger partial charge in [-0.15, -0.1) is 0 Å². The van der Waals surface area contributed by atoms with E-state index in [2.05, 4.69) is 4.98 Å². The molecule has 6 nitrogen and oxygen atoms in total. The third kappa shape index (κ3) is 2.91. The second-order valence-electron chi connectivity index (χ2n) is 6.73.